The van der Waals surface area contributed by atoms with Crippen molar-refractivity contribution in [2.45, 2.75) is 18.7 Å². The van der Waals surface area contributed by atoms with Gasteiger partial charge in [0.1, 0.15) is 0 Å². The van der Waals surface area contributed by atoms with Gasteiger partial charge in [-0.25, -0.2) is 0 Å². The van der Waals surface area contributed by atoms with E-state index in [0.29, 0.717) is 13.1 Å². The number of nitrogens with one attached hydrogen (secondary N) is 1. The summed E-state index contributed by atoms with van der Waals surface area (Å²) in [6.07, 6.45) is 1.71. The van der Waals surface area contributed by atoms with Crippen molar-refractivity contribution in [3.8, 4) is 0 Å². The van der Waals surface area contributed by atoms with E-state index in [-0.39, 0.29) is 5.91 Å². The molecule has 1 heterocycles. The number of thioether (sulfide) groups is 1. The number of benzene rings is 1. The van der Waals surface area contributed by atoms with Crippen molar-refractivity contribution in [3.63, 3.8) is 0 Å². The van der Waals surface area contributed by atoms with Gasteiger partial charge in [0.05, 0.1) is 6.54 Å². The van der Waals surface area contributed by atoms with Crippen LogP contribution in [0.2, 0.25) is 0 Å². The van der Waals surface area contributed by atoms with E-state index < -0.39 is 0 Å². The minimum Gasteiger partial charge on any atom is -0.352 e. The molecule has 0 bridgehead atoms. The first-order valence-corrected chi connectivity index (χ1v) is 9.59. The first-order chi connectivity index (χ1) is 11.6. The maximum atomic E-state index is 11.7. The molecule has 0 aromatic heterocycles. The van der Waals surface area contributed by atoms with Gasteiger partial charge in [0.2, 0.25) is 5.91 Å². The summed E-state index contributed by atoms with van der Waals surface area (Å²) < 4.78 is 0. The lowest BCUT2D eigenvalue weighted by Gasteiger charge is -2.34. The fourth-order valence-electron chi connectivity index (χ4n) is 2.71. The average Bonchev–Trinajstić information content (AvgIpc) is 2.58. The molecule has 0 atom stereocenters. The van der Waals surface area contributed by atoms with Gasteiger partial charge in [-0.1, -0.05) is 12.1 Å². The lowest BCUT2D eigenvalue weighted by molar-refractivity contribution is -0.122. The Hall–Kier alpha value is -1.30. The van der Waals surface area contributed by atoms with Crippen molar-refractivity contribution in [2.75, 3.05) is 51.6 Å². The summed E-state index contributed by atoms with van der Waals surface area (Å²) >= 11 is 1.93. The Labute approximate surface area is 150 Å². The predicted octanol–water partition coefficient (Wildman–Crippen LogP) is 2.32. The van der Waals surface area contributed by atoms with Gasteiger partial charge in [0, 0.05) is 49.9 Å². The molecule has 1 amide bonds. The van der Waals surface area contributed by atoms with Crippen LogP contribution >= 0.6 is 11.8 Å². The number of rotatable bonds is 8. The molecular weight excluding hydrogens is 318 g/mol. The number of carbonyl (C=O) groups excluding carboxylic acids is 1. The van der Waals surface area contributed by atoms with Crippen molar-refractivity contribution in [1.82, 2.24) is 15.1 Å². The van der Waals surface area contributed by atoms with Crippen molar-refractivity contribution in [3.05, 3.63) is 42.0 Å². The largest absolute Gasteiger partial charge is 0.352 e. The highest BCUT2D eigenvalue weighted by atomic mass is 32.2. The van der Waals surface area contributed by atoms with E-state index in [1.807, 2.05) is 11.8 Å². The molecule has 1 N–H and O–H groups in total. The maximum Gasteiger partial charge on any atom is 0.234 e. The number of hydrogen-bond donors (Lipinski definition) is 1. The normalized spacial score (nSPS) is 16.1. The highest BCUT2D eigenvalue weighted by Crippen LogP contribution is 2.21. The molecular formula is C19H29N3OS. The third kappa shape index (κ3) is 6.30. The fraction of sp³-hybridized carbons (Fsp3) is 0.526. The monoisotopic (exact) mass is 347 g/mol. The van der Waals surface area contributed by atoms with E-state index in [2.05, 4.69) is 53.7 Å². The van der Waals surface area contributed by atoms with E-state index in [1.165, 1.54) is 16.0 Å². The summed E-state index contributed by atoms with van der Waals surface area (Å²) in [6, 6.07) is 6.69. The summed E-state index contributed by atoms with van der Waals surface area (Å²) in [4.78, 5) is 17.8. The molecule has 1 fully saturated rings. The van der Waals surface area contributed by atoms with Crippen LogP contribution in [0.25, 0.3) is 0 Å². The SMILES string of the molecule is C=CCNC(=O)CN1CCN(CCSc2ccc(C)c(C)c2)CC1. The van der Waals surface area contributed by atoms with Gasteiger partial charge in [0.15, 0.2) is 0 Å². The molecule has 0 saturated carbocycles. The van der Waals surface area contributed by atoms with Gasteiger partial charge in [-0.2, -0.15) is 0 Å². The van der Waals surface area contributed by atoms with Crippen molar-refractivity contribution in [2.24, 2.45) is 0 Å². The summed E-state index contributed by atoms with van der Waals surface area (Å²) in [5, 5.41) is 2.84. The Kier molecular flexibility index (Phi) is 7.82. The molecule has 0 aliphatic carbocycles. The van der Waals surface area contributed by atoms with Crippen LogP contribution in [0.4, 0.5) is 0 Å². The van der Waals surface area contributed by atoms with Gasteiger partial charge in [-0.15, -0.1) is 18.3 Å². The summed E-state index contributed by atoms with van der Waals surface area (Å²) in [5.74, 6) is 1.20. The van der Waals surface area contributed by atoms with E-state index in [1.54, 1.807) is 6.08 Å². The molecule has 1 aliphatic heterocycles. The van der Waals surface area contributed by atoms with E-state index in [9.17, 15) is 4.79 Å². The standard InChI is InChI=1S/C19H29N3OS/c1-4-7-20-19(23)15-22-10-8-21(9-11-22)12-13-24-18-6-5-16(2)17(3)14-18/h4-6,14H,1,7-13,15H2,2-3H3,(H,20,23). The zero-order valence-electron chi connectivity index (χ0n) is 14.9. The summed E-state index contributed by atoms with van der Waals surface area (Å²) in [7, 11) is 0. The molecule has 132 valence electrons. The van der Waals surface area contributed by atoms with E-state index in [4.69, 9.17) is 0 Å². The van der Waals surface area contributed by atoms with Crippen LogP contribution in [0, 0.1) is 13.8 Å². The van der Waals surface area contributed by atoms with Crippen LogP contribution in [-0.4, -0.2) is 67.3 Å². The highest BCUT2D eigenvalue weighted by molar-refractivity contribution is 7.99. The minimum absolute atomic E-state index is 0.0913. The van der Waals surface area contributed by atoms with Gasteiger partial charge in [-0.3, -0.25) is 14.6 Å². The zero-order valence-corrected chi connectivity index (χ0v) is 15.7. The van der Waals surface area contributed by atoms with Gasteiger partial charge in [0.25, 0.3) is 0 Å². The van der Waals surface area contributed by atoms with Gasteiger partial charge >= 0.3 is 0 Å². The summed E-state index contributed by atoms with van der Waals surface area (Å²) in [5.41, 5.74) is 2.72. The minimum atomic E-state index is 0.0913. The third-order valence-corrected chi connectivity index (χ3v) is 5.40. The lowest BCUT2D eigenvalue weighted by Crippen LogP contribution is -2.49. The number of aryl methyl sites for hydroxylation is 2. The van der Waals surface area contributed by atoms with Crippen LogP contribution in [0.3, 0.4) is 0 Å². The van der Waals surface area contributed by atoms with Crippen molar-refractivity contribution < 1.29 is 4.79 Å². The first kappa shape index (κ1) is 19.0. The fourth-order valence-corrected chi connectivity index (χ4v) is 3.72. The van der Waals surface area contributed by atoms with Crippen LogP contribution < -0.4 is 5.32 Å². The maximum absolute atomic E-state index is 11.7. The molecule has 1 aromatic rings. The molecule has 1 aliphatic rings. The molecule has 0 spiro atoms. The van der Waals surface area contributed by atoms with Crippen LogP contribution in [-0.2, 0) is 4.79 Å². The predicted molar refractivity (Wildman–Crippen MR) is 103 cm³/mol. The Morgan fingerprint density at radius 1 is 1.21 bits per heavy atom. The Morgan fingerprint density at radius 3 is 2.58 bits per heavy atom. The van der Waals surface area contributed by atoms with E-state index in [0.717, 1.165) is 38.5 Å². The first-order valence-electron chi connectivity index (χ1n) is 8.61. The smallest absolute Gasteiger partial charge is 0.234 e. The molecule has 5 heteroatoms. The van der Waals surface area contributed by atoms with Crippen LogP contribution in [0.1, 0.15) is 11.1 Å². The topological polar surface area (TPSA) is 35.6 Å². The molecule has 4 nitrogen and oxygen atoms in total. The van der Waals surface area contributed by atoms with Crippen LogP contribution in [0.5, 0.6) is 0 Å². The molecule has 2 rings (SSSR count). The van der Waals surface area contributed by atoms with Gasteiger partial charge in [-0.05, 0) is 37.1 Å². The highest BCUT2D eigenvalue weighted by Gasteiger charge is 2.18. The summed E-state index contributed by atoms with van der Waals surface area (Å²) in [6.45, 7) is 14.1. The Morgan fingerprint density at radius 2 is 1.92 bits per heavy atom. The number of amides is 1. The quantitative estimate of drug-likeness (QED) is 0.578. The third-order valence-electron chi connectivity index (χ3n) is 4.43. The Bertz CT molecular complexity index is 554. The van der Waals surface area contributed by atoms with Crippen molar-refractivity contribution in [1.29, 1.82) is 0 Å². The Balaban J connectivity index is 1.63. The lowest BCUT2D eigenvalue weighted by atomic mass is 10.1. The van der Waals surface area contributed by atoms with Crippen LogP contribution in [0.15, 0.2) is 35.7 Å². The van der Waals surface area contributed by atoms with Gasteiger partial charge < -0.3 is 5.32 Å². The molecule has 1 saturated heterocycles. The van der Waals surface area contributed by atoms with Crippen molar-refractivity contribution >= 4 is 17.7 Å². The number of carbonyl (C=O) groups is 1. The number of hydrogen-bond acceptors (Lipinski definition) is 4. The second-order valence-corrected chi connectivity index (χ2v) is 7.47. The molecule has 1 aromatic carbocycles. The molecule has 24 heavy (non-hydrogen) atoms. The second-order valence-electron chi connectivity index (χ2n) is 6.31. The van der Waals surface area contributed by atoms with E-state index >= 15 is 0 Å². The second kappa shape index (κ2) is 9.87. The number of nitrogens with zero attached hydrogens (tertiary/aromatic N) is 2. The average molecular weight is 348 g/mol. The molecule has 0 radical (unpaired) electrons. The molecule has 0 unspecified atom stereocenters. The number of piperazine rings is 1. The zero-order chi connectivity index (χ0) is 17.4.